The maximum atomic E-state index is 9.45. The molecule has 5 heteroatoms. The summed E-state index contributed by atoms with van der Waals surface area (Å²) < 4.78 is 17.1. The molecular formula is C24H24N2O3. The van der Waals surface area contributed by atoms with E-state index >= 15 is 0 Å². The molecule has 5 nitrogen and oxygen atoms in total. The Morgan fingerprint density at radius 2 is 1.52 bits per heavy atom. The van der Waals surface area contributed by atoms with Crippen LogP contribution in [0.1, 0.15) is 16.7 Å². The summed E-state index contributed by atoms with van der Waals surface area (Å²) in [7, 11) is 5.14. The molecule has 0 radical (unpaired) electrons. The van der Waals surface area contributed by atoms with E-state index in [0.717, 1.165) is 22.3 Å². The van der Waals surface area contributed by atoms with Crippen molar-refractivity contribution in [1.82, 2.24) is 5.32 Å². The summed E-state index contributed by atoms with van der Waals surface area (Å²) >= 11 is 0. The largest absolute Gasteiger partial charge is 0.496 e. The number of methoxy groups -OCH3 is 2. The average Bonchev–Trinajstić information content (AvgIpc) is 2.78. The first kappa shape index (κ1) is 20.2. The highest BCUT2D eigenvalue weighted by atomic mass is 16.5. The molecule has 0 spiro atoms. The zero-order valence-electron chi connectivity index (χ0n) is 16.9. The molecule has 3 rings (SSSR count). The lowest BCUT2D eigenvalue weighted by atomic mass is 9.96. The number of nitrogens with zero attached hydrogens (tertiary/aromatic N) is 1. The van der Waals surface area contributed by atoms with Gasteiger partial charge in [-0.25, -0.2) is 0 Å². The summed E-state index contributed by atoms with van der Waals surface area (Å²) in [5.74, 6) is 2.07. The molecular weight excluding hydrogens is 364 g/mol. The van der Waals surface area contributed by atoms with Gasteiger partial charge < -0.3 is 19.5 Å². The third-order valence-corrected chi connectivity index (χ3v) is 4.68. The summed E-state index contributed by atoms with van der Waals surface area (Å²) in [6, 6.07) is 21.5. The Bertz CT molecular complexity index is 1000. The van der Waals surface area contributed by atoms with Gasteiger partial charge in [-0.2, -0.15) is 5.26 Å². The van der Waals surface area contributed by atoms with Crippen LogP contribution >= 0.6 is 0 Å². The van der Waals surface area contributed by atoms with Gasteiger partial charge >= 0.3 is 0 Å². The van der Waals surface area contributed by atoms with Crippen LogP contribution in [-0.2, 0) is 13.2 Å². The smallest absolute Gasteiger partial charge is 0.130 e. The van der Waals surface area contributed by atoms with Crippen LogP contribution in [0.4, 0.5) is 0 Å². The van der Waals surface area contributed by atoms with Gasteiger partial charge in [0.1, 0.15) is 23.9 Å². The summed E-state index contributed by atoms with van der Waals surface area (Å²) in [5.41, 5.74) is 4.45. The number of nitriles is 1. The first-order valence-electron chi connectivity index (χ1n) is 9.31. The molecule has 0 aromatic heterocycles. The van der Waals surface area contributed by atoms with Crippen LogP contribution < -0.4 is 19.5 Å². The Hall–Kier alpha value is -3.49. The van der Waals surface area contributed by atoms with Gasteiger partial charge in [0, 0.05) is 18.7 Å². The number of nitrogens with one attached hydrogen (secondary N) is 1. The van der Waals surface area contributed by atoms with E-state index in [9.17, 15) is 5.26 Å². The standard InChI is InChI=1S/C24H24N2O3/c1-26-15-22-23(27-2)12-19(13-24(22)28-3)29-16-18-9-5-7-11-21(18)20-10-6-4-8-17(20)14-25/h4-13,26H,15-16H2,1-3H3. The molecule has 148 valence electrons. The fraction of sp³-hybridized carbons (Fsp3) is 0.208. The van der Waals surface area contributed by atoms with Crippen molar-refractivity contribution in [2.45, 2.75) is 13.2 Å². The number of benzene rings is 3. The zero-order chi connectivity index (χ0) is 20.6. The minimum absolute atomic E-state index is 0.355. The topological polar surface area (TPSA) is 63.5 Å². The van der Waals surface area contributed by atoms with E-state index in [-0.39, 0.29) is 0 Å². The Morgan fingerprint density at radius 3 is 2.14 bits per heavy atom. The second kappa shape index (κ2) is 9.63. The molecule has 0 aliphatic rings. The fourth-order valence-electron chi connectivity index (χ4n) is 3.28. The van der Waals surface area contributed by atoms with Crippen molar-refractivity contribution in [3.05, 3.63) is 77.4 Å². The van der Waals surface area contributed by atoms with Crippen LogP contribution in [0.3, 0.4) is 0 Å². The number of hydrogen-bond donors (Lipinski definition) is 1. The van der Waals surface area contributed by atoms with Crippen molar-refractivity contribution in [2.75, 3.05) is 21.3 Å². The molecule has 0 saturated heterocycles. The van der Waals surface area contributed by atoms with E-state index in [4.69, 9.17) is 14.2 Å². The summed E-state index contributed by atoms with van der Waals surface area (Å²) in [6.45, 7) is 0.980. The summed E-state index contributed by atoms with van der Waals surface area (Å²) in [5, 5.41) is 12.6. The van der Waals surface area contributed by atoms with Crippen molar-refractivity contribution < 1.29 is 14.2 Å². The molecule has 3 aromatic carbocycles. The number of ether oxygens (including phenoxy) is 3. The van der Waals surface area contributed by atoms with Gasteiger partial charge in [-0.05, 0) is 29.8 Å². The van der Waals surface area contributed by atoms with Crippen molar-refractivity contribution in [1.29, 1.82) is 5.26 Å². The lowest BCUT2D eigenvalue weighted by molar-refractivity contribution is 0.300. The highest BCUT2D eigenvalue weighted by molar-refractivity contribution is 5.73. The first-order valence-corrected chi connectivity index (χ1v) is 9.31. The summed E-state index contributed by atoms with van der Waals surface area (Å²) in [4.78, 5) is 0. The van der Waals surface area contributed by atoms with E-state index in [2.05, 4.69) is 11.4 Å². The third kappa shape index (κ3) is 4.50. The van der Waals surface area contributed by atoms with Crippen LogP contribution in [0, 0.1) is 11.3 Å². The third-order valence-electron chi connectivity index (χ3n) is 4.68. The molecule has 0 unspecified atom stereocenters. The minimum Gasteiger partial charge on any atom is -0.496 e. The quantitative estimate of drug-likeness (QED) is 0.614. The normalized spacial score (nSPS) is 10.3. The lowest BCUT2D eigenvalue weighted by Gasteiger charge is -2.17. The first-order chi connectivity index (χ1) is 14.2. The van der Waals surface area contributed by atoms with Crippen molar-refractivity contribution in [3.8, 4) is 34.4 Å². The molecule has 0 saturated carbocycles. The van der Waals surface area contributed by atoms with Gasteiger partial charge in [0.2, 0.25) is 0 Å². The molecule has 29 heavy (non-hydrogen) atoms. The number of rotatable bonds is 8. The van der Waals surface area contributed by atoms with Gasteiger partial charge in [0.05, 0.1) is 31.4 Å². The SMILES string of the molecule is CNCc1c(OC)cc(OCc2ccccc2-c2ccccc2C#N)cc1OC. The molecule has 3 aromatic rings. The Labute approximate surface area is 171 Å². The van der Waals surface area contributed by atoms with Gasteiger partial charge in [0.15, 0.2) is 0 Å². The predicted octanol–water partition coefficient (Wildman–Crippen LogP) is 4.54. The number of hydrogen-bond acceptors (Lipinski definition) is 5. The van der Waals surface area contributed by atoms with Crippen LogP contribution in [0.25, 0.3) is 11.1 Å². The lowest BCUT2D eigenvalue weighted by Crippen LogP contribution is -2.09. The van der Waals surface area contributed by atoms with Gasteiger partial charge in [0.25, 0.3) is 0 Å². The molecule has 0 aliphatic heterocycles. The Kier molecular flexibility index (Phi) is 6.72. The molecule has 0 fully saturated rings. The van der Waals surface area contributed by atoms with Gasteiger partial charge in [-0.1, -0.05) is 42.5 Å². The minimum atomic E-state index is 0.355. The monoisotopic (exact) mass is 388 g/mol. The van der Waals surface area contributed by atoms with Crippen LogP contribution in [0.5, 0.6) is 17.2 Å². The zero-order valence-corrected chi connectivity index (χ0v) is 16.9. The van der Waals surface area contributed by atoms with E-state index in [1.807, 2.05) is 67.7 Å². The van der Waals surface area contributed by atoms with E-state index in [1.54, 1.807) is 14.2 Å². The maximum absolute atomic E-state index is 9.45. The maximum Gasteiger partial charge on any atom is 0.130 e. The van der Waals surface area contributed by atoms with Crippen LogP contribution in [0.15, 0.2) is 60.7 Å². The molecule has 0 aliphatic carbocycles. The van der Waals surface area contributed by atoms with E-state index < -0.39 is 0 Å². The second-order valence-corrected chi connectivity index (χ2v) is 6.44. The van der Waals surface area contributed by atoms with Crippen LogP contribution in [0.2, 0.25) is 0 Å². The van der Waals surface area contributed by atoms with E-state index in [1.165, 1.54) is 0 Å². The van der Waals surface area contributed by atoms with E-state index in [0.29, 0.717) is 36.0 Å². The second-order valence-electron chi connectivity index (χ2n) is 6.44. The summed E-state index contributed by atoms with van der Waals surface area (Å²) in [6.07, 6.45) is 0. The molecule has 0 amide bonds. The van der Waals surface area contributed by atoms with Gasteiger partial charge in [-0.15, -0.1) is 0 Å². The molecule has 0 heterocycles. The Morgan fingerprint density at radius 1 is 0.897 bits per heavy atom. The van der Waals surface area contributed by atoms with Crippen molar-refractivity contribution >= 4 is 0 Å². The van der Waals surface area contributed by atoms with Crippen molar-refractivity contribution in [3.63, 3.8) is 0 Å². The Balaban J connectivity index is 1.91. The highest BCUT2D eigenvalue weighted by Crippen LogP contribution is 2.35. The molecule has 0 atom stereocenters. The van der Waals surface area contributed by atoms with Crippen LogP contribution in [-0.4, -0.2) is 21.3 Å². The molecule has 0 bridgehead atoms. The average molecular weight is 388 g/mol. The molecule has 1 N–H and O–H groups in total. The predicted molar refractivity (Wildman–Crippen MR) is 113 cm³/mol. The highest BCUT2D eigenvalue weighted by Gasteiger charge is 2.14. The fourth-order valence-corrected chi connectivity index (χ4v) is 3.28. The van der Waals surface area contributed by atoms with Gasteiger partial charge in [-0.3, -0.25) is 0 Å². The van der Waals surface area contributed by atoms with Crippen molar-refractivity contribution in [2.24, 2.45) is 0 Å².